The van der Waals surface area contributed by atoms with Gasteiger partial charge in [-0.25, -0.2) is 0 Å². The number of thiophene rings is 2. The lowest BCUT2D eigenvalue weighted by molar-refractivity contribution is 1.20. The van der Waals surface area contributed by atoms with Gasteiger partial charge >= 0.3 is 0 Å². The maximum absolute atomic E-state index is 3.96. The second-order valence-electron chi connectivity index (χ2n) is 10.8. The van der Waals surface area contributed by atoms with Gasteiger partial charge in [0, 0.05) is 39.9 Å². The predicted molar refractivity (Wildman–Crippen MR) is 196 cm³/mol. The molecule has 0 unspecified atom stereocenters. The van der Waals surface area contributed by atoms with E-state index in [4.69, 9.17) is 0 Å². The fourth-order valence-electron chi connectivity index (χ4n) is 5.87. The van der Waals surface area contributed by atoms with Crippen molar-refractivity contribution in [1.29, 1.82) is 0 Å². The Morgan fingerprint density at radius 2 is 0.925 bits per heavy atom. The van der Waals surface area contributed by atoms with Crippen LogP contribution in [0.2, 0.25) is 36.3 Å². The molecule has 0 radical (unpaired) electrons. The van der Waals surface area contributed by atoms with Crippen LogP contribution in [0.3, 0.4) is 0 Å². The quantitative estimate of drug-likeness (QED) is 0.121. The van der Waals surface area contributed by atoms with Crippen LogP contribution < -0.4 is 0 Å². The third-order valence-corrected chi connectivity index (χ3v) is 22.0. The molecular weight excluding hydrogens is 688 g/mol. The first-order chi connectivity index (χ1) is 19.3. The summed E-state index contributed by atoms with van der Waals surface area (Å²) in [5.74, 6) is 7.79. The van der Waals surface area contributed by atoms with Crippen LogP contribution in [0.5, 0.6) is 0 Å². The Kier molecular flexibility index (Phi) is 9.08. The van der Waals surface area contributed by atoms with Crippen LogP contribution in [0.15, 0.2) is 45.3 Å². The van der Waals surface area contributed by atoms with Crippen LogP contribution in [0.4, 0.5) is 0 Å². The number of fused-ring (bicyclic) bond motifs is 6. The van der Waals surface area contributed by atoms with Gasteiger partial charge in [0.1, 0.15) is 16.1 Å². The molecule has 2 aromatic heterocycles. The molecule has 206 valence electrons. The van der Waals surface area contributed by atoms with Gasteiger partial charge in [-0.2, -0.15) is 0 Å². The molecule has 0 aliphatic carbocycles. The Hall–Kier alpha value is -1.39. The molecule has 0 aliphatic rings. The maximum atomic E-state index is 3.96. The van der Waals surface area contributed by atoms with E-state index in [1.807, 2.05) is 22.7 Å². The molecule has 2 heterocycles. The van der Waals surface area contributed by atoms with Crippen molar-refractivity contribution in [2.45, 2.75) is 77.8 Å². The molecule has 6 heteroatoms. The van der Waals surface area contributed by atoms with Crippen molar-refractivity contribution in [3.05, 3.63) is 56.5 Å². The van der Waals surface area contributed by atoms with Crippen molar-refractivity contribution in [2.24, 2.45) is 0 Å². The van der Waals surface area contributed by atoms with Crippen molar-refractivity contribution < 1.29 is 0 Å². The van der Waals surface area contributed by atoms with Gasteiger partial charge in [0.25, 0.3) is 0 Å². The highest BCUT2D eigenvalue weighted by molar-refractivity contribution is 9.10. The minimum absolute atomic E-state index is 1.11. The highest BCUT2D eigenvalue weighted by Gasteiger charge is 2.27. The smallest absolute Gasteiger partial charge is 0.134 e. The first kappa shape index (κ1) is 30.1. The minimum atomic E-state index is -1.64. The van der Waals surface area contributed by atoms with E-state index in [2.05, 4.69) is 133 Å². The SMILES string of the molecule is CC[Si](C#Cc1c2sc3ccc(Br)cc3c2c(C#C[Si](CC)(CC)CC)c2sc3ccc(Br)cc3c12)(CC)CC. The fraction of sp³-hybridized carbons (Fsp3) is 0.353. The van der Waals surface area contributed by atoms with Crippen LogP contribution in [0, 0.1) is 22.9 Å². The highest BCUT2D eigenvalue weighted by atomic mass is 79.9. The zero-order valence-electron chi connectivity index (χ0n) is 24.3. The maximum Gasteiger partial charge on any atom is 0.138 e. The van der Waals surface area contributed by atoms with E-state index in [1.165, 1.54) is 87.7 Å². The Labute approximate surface area is 266 Å². The molecule has 5 aromatic rings. The van der Waals surface area contributed by atoms with Gasteiger partial charge in [0.05, 0.1) is 20.5 Å². The highest BCUT2D eigenvalue weighted by Crippen LogP contribution is 2.48. The van der Waals surface area contributed by atoms with Gasteiger partial charge in [-0.1, -0.05) is 85.2 Å². The lowest BCUT2D eigenvalue weighted by atomic mass is 9.98. The number of rotatable bonds is 6. The molecule has 0 saturated carbocycles. The summed E-state index contributed by atoms with van der Waals surface area (Å²) in [6.45, 7) is 14.1. The Morgan fingerprint density at radius 3 is 1.25 bits per heavy atom. The van der Waals surface area contributed by atoms with Gasteiger partial charge < -0.3 is 0 Å². The summed E-state index contributed by atoms with van der Waals surface area (Å²) < 4.78 is 7.45. The summed E-state index contributed by atoms with van der Waals surface area (Å²) in [7, 11) is -3.28. The van der Waals surface area contributed by atoms with Crippen LogP contribution in [-0.4, -0.2) is 16.1 Å². The summed E-state index contributed by atoms with van der Waals surface area (Å²) >= 11 is 11.3. The average Bonchev–Trinajstić information content (AvgIpc) is 3.54. The summed E-state index contributed by atoms with van der Waals surface area (Å²) in [4.78, 5) is 0. The molecule has 3 aromatic carbocycles. The standard InChI is InChI=1S/C34H36Br2S2Si2/c1-7-39(8-2,9-3)19-17-25-31-27-21-23(35)13-15-29(27)38-34(31)26(18-20-40(10-4,11-5)12-6)32-28-22-24(36)14-16-30(28)37-33(25)32/h13-16,21-22H,7-12H2,1-6H3. The average molecular weight is 725 g/mol. The summed E-state index contributed by atoms with van der Waals surface area (Å²) in [6, 6.07) is 20.6. The zero-order chi connectivity index (χ0) is 28.7. The molecule has 0 amide bonds. The first-order valence-corrected chi connectivity index (χ1v) is 23.0. The summed E-state index contributed by atoms with van der Waals surface area (Å²) in [5, 5.41) is 5.20. The molecule has 0 N–H and O–H groups in total. The molecule has 0 bridgehead atoms. The molecule has 0 fully saturated rings. The lowest BCUT2D eigenvalue weighted by Crippen LogP contribution is -2.29. The van der Waals surface area contributed by atoms with E-state index in [1.54, 1.807) is 0 Å². The molecule has 0 atom stereocenters. The third kappa shape index (κ3) is 5.19. The molecule has 5 rings (SSSR count). The number of hydrogen-bond acceptors (Lipinski definition) is 2. The van der Waals surface area contributed by atoms with E-state index >= 15 is 0 Å². The molecular formula is C34H36Br2S2Si2. The second kappa shape index (κ2) is 12.1. The molecule has 0 spiro atoms. The molecule has 0 saturated heterocycles. The van der Waals surface area contributed by atoms with Crippen molar-refractivity contribution >= 4 is 111 Å². The number of hydrogen-bond donors (Lipinski definition) is 0. The third-order valence-electron chi connectivity index (χ3n) is 9.22. The minimum Gasteiger partial charge on any atom is -0.134 e. The Bertz CT molecular complexity index is 1710. The van der Waals surface area contributed by atoms with Crippen LogP contribution >= 0.6 is 54.5 Å². The summed E-state index contributed by atoms with van der Waals surface area (Å²) in [5.41, 5.74) is 10.4. The van der Waals surface area contributed by atoms with Crippen molar-refractivity contribution in [2.75, 3.05) is 0 Å². The van der Waals surface area contributed by atoms with Gasteiger partial charge in [0.2, 0.25) is 0 Å². The zero-order valence-corrected chi connectivity index (χ0v) is 31.1. The fourth-order valence-corrected chi connectivity index (χ4v) is 13.8. The Balaban J connectivity index is 2.03. The second-order valence-corrected chi connectivity index (χ2v) is 24.6. The normalized spacial score (nSPS) is 12.2. The Morgan fingerprint density at radius 1 is 0.575 bits per heavy atom. The van der Waals surface area contributed by atoms with Crippen molar-refractivity contribution in [3.63, 3.8) is 0 Å². The van der Waals surface area contributed by atoms with E-state index in [0.29, 0.717) is 0 Å². The predicted octanol–water partition coefficient (Wildman–Crippen LogP) is 12.7. The van der Waals surface area contributed by atoms with Gasteiger partial charge in [-0.05, 0) is 72.7 Å². The van der Waals surface area contributed by atoms with Gasteiger partial charge in [0.15, 0.2) is 0 Å². The van der Waals surface area contributed by atoms with E-state index < -0.39 is 16.1 Å². The van der Waals surface area contributed by atoms with E-state index in [9.17, 15) is 0 Å². The molecule has 40 heavy (non-hydrogen) atoms. The molecule has 0 aliphatic heterocycles. The lowest BCUT2D eigenvalue weighted by Gasteiger charge is -2.20. The van der Waals surface area contributed by atoms with Crippen LogP contribution in [0.25, 0.3) is 40.3 Å². The number of benzene rings is 3. The number of halogens is 2. The van der Waals surface area contributed by atoms with Crippen LogP contribution in [-0.2, 0) is 0 Å². The van der Waals surface area contributed by atoms with Crippen molar-refractivity contribution in [3.8, 4) is 22.9 Å². The van der Waals surface area contributed by atoms with E-state index in [0.717, 1.165) is 8.95 Å². The monoisotopic (exact) mass is 722 g/mol. The van der Waals surface area contributed by atoms with Gasteiger partial charge in [-0.3, -0.25) is 0 Å². The molecule has 0 nitrogen and oxygen atoms in total. The largest absolute Gasteiger partial charge is 0.138 e. The van der Waals surface area contributed by atoms with E-state index in [-0.39, 0.29) is 0 Å². The van der Waals surface area contributed by atoms with Crippen LogP contribution in [0.1, 0.15) is 52.7 Å². The van der Waals surface area contributed by atoms with Gasteiger partial charge in [-0.15, -0.1) is 33.8 Å². The topological polar surface area (TPSA) is 0 Å². The summed E-state index contributed by atoms with van der Waals surface area (Å²) in [6.07, 6.45) is 0. The first-order valence-electron chi connectivity index (χ1n) is 14.5. The van der Waals surface area contributed by atoms with Crippen molar-refractivity contribution in [1.82, 2.24) is 0 Å².